The fourth-order valence-corrected chi connectivity index (χ4v) is 5.44. The summed E-state index contributed by atoms with van der Waals surface area (Å²) in [5.41, 5.74) is 2.30. The molecule has 12 heteroatoms. The molecule has 0 bridgehead atoms. The van der Waals surface area contributed by atoms with E-state index in [2.05, 4.69) is 15.1 Å². The minimum absolute atomic E-state index is 0.0456. The van der Waals surface area contributed by atoms with Crippen LogP contribution in [0.5, 0.6) is 5.75 Å². The maximum atomic E-state index is 14.1. The van der Waals surface area contributed by atoms with Crippen molar-refractivity contribution in [1.82, 2.24) is 28.9 Å². The van der Waals surface area contributed by atoms with E-state index in [-0.39, 0.29) is 18.0 Å². The molecule has 1 aromatic carbocycles. The van der Waals surface area contributed by atoms with Crippen LogP contribution in [0.1, 0.15) is 33.0 Å². The van der Waals surface area contributed by atoms with Gasteiger partial charge in [0, 0.05) is 68.5 Å². The molecule has 0 radical (unpaired) electrons. The SMILES string of the molecule is COc1cnc2c(c1)c(N1CCc3c(cc(Cn4ccnc4C)cc3-c3cn(C)nc3C(F)(F)F)C1=O)cn2C. The van der Waals surface area contributed by atoms with E-state index < -0.39 is 11.9 Å². The predicted molar refractivity (Wildman–Crippen MR) is 142 cm³/mol. The van der Waals surface area contributed by atoms with Gasteiger partial charge in [-0.25, -0.2) is 9.97 Å². The number of ether oxygens (including phenoxy) is 1. The van der Waals surface area contributed by atoms with Crippen LogP contribution in [0.3, 0.4) is 0 Å². The van der Waals surface area contributed by atoms with Crippen LogP contribution >= 0.6 is 0 Å². The molecule has 40 heavy (non-hydrogen) atoms. The highest BCUT2D eigenvalue weighted by molar-refractivity contribution is 6.13. The number of carbonyl (C=O) groups is 1. The van der Waals surface area contributed by atoms with Gasteiger partial charge < -0.3 is 18.8 Å². The lowest BCUT2D eigenvalue weighted by Gasteiger charge is -2.30. The Labute approximate surface area is 227 Å². The van der Waals surface area contributed by atoms with Gasteiger partial charge in [0.15, 0.2) is 5.69 Å². The van der Waals surface area contributed by atoms with Gasteiger partial charge in [-0.15, -0.1) is 0 Å². The van der Waals surface area contributed by atoms with Crippen LogP contribution in [0.4, 0.5) is 18.9 Å². The van der Waals surface area contributed by atoms with Gasteiger partial charge in [0.25, 0.3) is 5.91 Å². The minimum Gasteiger partial charge on any atom is -0.495 e. The average molecular weight is 550 g/mol. The highest BCUT2D eigenvalue weighted by atomic mass is 19.4. The first kappa shape index (κ1) is 25.7. The lowest BCUT2D eigenvalue weighted by Crippen LogP contribution is -2.38. The van der Waals surface area contributed by atoms with Crippen molar-refractivity contribution >= 4 is 22.6 Å². The molecule has 1 aliphatic heterocycles. The Balaban J connectivity index is 1.52. The van der Waals surface area contributed by atoms with E-state index in [1.165, 1.54) is 13.2 Å². The Morgan fingerprint density at radius 2 is 1.82 bits per heavy atom. The second kappa shape index (κ2) is 9.25. The van der Waals surface area contributed by atoms with Crippen molar-refractivity contribution in [3.05, 3.63) is 77.4 Å². The van der Waals surface area contributed by atoms with Crippen LogP contribution in [0.2, 0.25) is 0 Å². The number of amides is 1. The molecule has 9 nitrogen and oxygen atoms in total. The molecule has 0 unspecified atom stereocenters. The maximum absolute atomic E-state index is 14.1. The molecular weight excluding hydrogens is 523 g/mol. The van der Waals surface area contributed by atoms with Crippen molar-refractivity contribution in [3.63, 3.8) is 0 Å². The minimum atomic E-state index is -4.65. The van der Waals surface area contributed by atoms with Gasteiger partial charge in [-0.3, -0.25) is 9.48 Å². The number of benzene rings is 1. The number of alkyl halides is 3. The first-order valence-electron chi connectivity index (χ1n) is 12.6. The summed E-state index contributed by atoms with van der Waals surface area (Å²) >= 11 is 0. The third kappa shape index (κ3) is 4.19. The van der Waals surface area contributed by atoms with E-state index in [1.807, 2.05) is 35.4 Å². The Kier molecular flexibility index (Phi) is 5.93. The summed E-state index contributed by atoms with van der Waals surface area (Å²) in [4.78, 5) is 24.5. The number of hydrogen-bond acceptors (Lipinski definition) is 5. The van der Waals surface area contributed by atoms with Gasteiger partial charge in [0.1, 0.15) is 17.2 Å². The third-order valence-electron chi connectivity index (χ3n) is 7.33. The molecule has 4 aromatic heterocycles. The number of nitrogens with zero attached hydrogens (tertiary/aromatic N) is 7. The summed E-state index contributed by atoms with van der Waals surface area (Å²) in [5, 5.41) is 4.47. The van der Waals surface area contributed by atoms with Crippen molar-refractivity contribution < 1.29 is 22.7 Å². The number of aromatic nitrogens is 6. The molecule has 0 saturated carbocycles. The summed E-state index contributed by atoms with van der Waals surface area (Å²) in [6, 6.07) is 5.34. The van der Waals surface area contributed by atoms with Gasteiger partial charge in [-0.05, 0) is 48.2 Å². The Morgan fingerprint density at radius 1 is 1.05 bits per heavy atom. The zero-order valence-electron chi connectivity index (χ0n) is 22.3. The molecule has 206 valence electrons. The molecule has 6 rings (SSSR count). The summed E-state index contributed by atoms with van der Waals surface area (Å²) in [6.07, 6.45) is 3.98. The summed E-state index contributed by atoms with van der Waals surface area (Å²) in [5.74, 6) is 1.02. The van der Waals surface area contributed by atoms with Crippen molar-refractivity contribution in [2.24, 2.45) is 14.1 Å². The molecule has 0 fully saturated rings. The predicted octanol–water partition coefficient (Wildman–Crippen LogP) is 4.76. The molecule has 0 spiro atoms. The lowest BCUT2D eigenvalue weighted by molar-refractivity contribution is -0.140. The lowest BCUT2D eigenvalue weighted by atomic mass is 9.88. The molecule has 0 N–H and O–H groups in total. The molecule has 0 aliphatic carbocycles. The number of halogens is 3. The highest BCUT2D eigenvalue weighted by Crippen LogP contribution is 2.41. The fraction of sp³-hybridized carbons (Fsp3) is 0.286. The second-order valence-corrected chi connectivity index (χ2v) is 9.91. The Morgan fingerprint density at radius 3 is 2.52 bits per heavy atom. The second-order valence-electron chi connectivity index (χ2n) is 9.91. The topological polar surface area (TPSA) is 83.0 Å². The van der Waals surface area contributed by atoms with Gasteiger partial charge in [-0.1, -0.05) is 0 Å². The highest BCUT2D eigenvalue weighted by Gasteiger charge is 2.39. The largest absolute Gasteiger partial charge is 0.495 e. The van der Waals surface area contributed by atoms with Crippen molar-refractivity contribution in [2.75, 3.05) is 18.6 Å². The normalized spacial score (nSPS) is 13.8. The molecular formula is C28H26F3N7O2. The van der Waals surface area contributed by atoms with Crippen molar-refractivity contribution in [1.29, 1.82) is 0 Å². The van der Waals surface area contributed by atoms with Crippen LogP contribution in [0, 0.1) is 6.92 Å². The number of pyridine rings is 1. The van der Waals surface area contributed by atoms with E-state index in [0.29, 0.717) is 52.3 Å². The number of hydrogen-bond donors (Lipinski definition) is 0. The summed E-state index contributed by atoms with van der Waals surface area (Å²) in [7, 11) is 4.85. The van der Waals surface area contributed by atoms with E-state index >= 15 is 0 Å². The number of carbonyl (C=O) groups excluding carboxylic acids is 1. The summed E-state index contributed by atoms with van der Waals surface area (Å²) < 4.78 is 52.3. The van der Waals surface area contributed by atoms with E-state index in [0.717, 1.165) is 15.9 Å². The molecule has 0 atom stereocenters. The van der Waals surface area contributed by atoms with Crippen molar-refractivity contribution in [3.8, 4) is 16.9 Å². The maximum Gasteiger partial charge on any atom is 0.435 e. The van der Waals surface area contributed by atoms with Crippen LogP contribution in [-0.2, 0) is 33.2 Å². The number of fused-ring (bicyclic) bond motifs is 2. The third-order valence-corrected chi connectivity index (χ3v) is 7.33. The van der Waals surface area contributed by atoms with Crippen LogP contribution in [-0.4, -0.2) is 48.4 Å². The fourth-order valence-electron chi connectivity index (χ4n) is 5.44. The van der Waals surface area contributed by atoms with Gasteiger partial charge in [-0.2, -0.15) is 18.3 Å². The summed E-state index contributed by atoms with van der Waals surface area (Å²) in [6.45, 7) is 2.48. The first-order valence-corrected chi connectivity index (χ1v) is 12.6. The van der Waals surface area contributed by atoms with Gasteiger partial charge in [0.05, 0.1) is 19.0 Å². The zero-order chi connectivity index (χ0) is 28.3. The quantitative estimate of drug-likeness (QED) is 0.316. The number of aryl methyl sites for hydroxylation is 3. The van der Waals surface area contributed by atoms with Gasteiger partial charge in [0.2, 0.25) is 0 Å². The standard InChI is InChI=1S/C28H26F3N7O2/c1-16-32-6-8-37(16)13-17-9-20(23-14-36(3)34-25(23)28(29,30)31)19-5-7-38(27(39)21(19)10-17)24-15-35(2)26-22(24)11-18(40-4)12-33-26/h6,8-12,14-15H,5,7,13H2,1-4H3. The molecule has 0 saturated heterocycles. The Hall–Kier alpha value is -4.61. The number of methoxy groups -OCH3 is 1. The molecule has 1 amide bonds. The van der Waals surface area contributed by atoms with Crippen LogP contribution in [0.25, 0.3) is 22.2 Å². The van der Waals surface area contributed by atoms with E-state index in [4.69, 9.17) is 4.74 Å². The van der Waals surface area contributed by atoms with Crippen molar-refractivity contribution in [2.45, 2.75) is 26.1 Å². The Bertz CT molecular complexity index is 1780. The number of anilines is 1. The van der Waals surface area contributed by atoms with Crippen LogP contribution in [0.15, 0.2) is 49.2 Å². The van der Waals surface area contributed by atoms with E-state index in [1.54, 1.807) is 42.7 Å². The molecule has 5 heterocycles. The number of imidazole rings is 1. The van der Waals surface area contributed by atoms with Gasteiger partial charge >= 0.3 is 6.18 Å². The number of rotatable bonds is 5. The smallest absolute Gasteiger partial charge is 0.435 e. The first-order chi connectivity index (χ1) is 19.0. The zero-order valence-corrected chi connectivity index (χ0v) is 22.3. The van der Waals surface area contributed by atoms with Crippen LogP contribution < -0.4 is 9.64 Å². The molecule has 5 aromatic rings. The monoisotopic (exact) mass is 549 g/mol. The van der Waals surface area contributed by atoms with E-state index in [9.17, 15) is 18.0 Å². The molecule has 1 aliphatic rings. The average Bonchev–Trinajstić information content (AvgIpc) is 3.60.